The van der Waals surface area contributed by atoms with Crippen molar-refractivity contribution in [3.8, 4) is 0 Å². The first-order valence-corrected chi connectivity index (χ1v) is 9.64. The molecule has 1 aliphatic heterocycles. The Bertz CT molecular complexity index is 1040. The summed E-state index contributed by atoms with van der Waals surface area (Å²) in [6.07, 6.45) is 3.52. The van der Waals surface area contributed by atoms with Gasteiger partial charge in [-0.05, 0) is 25.8 Å². The summed E-state index contributed by atoms with van der Waals surface area (Å²) in [7, 11) is -3.75. The maximum absolute atomic E-state index is 12.8. The molecule has 25 heavy (non-hydrogen) atoms. The largest absolute Gasteiger partial charge is 0.336 e. The van der Waals surface area contributed by atoms with Gasteiger partial charge in [-0.2, -0.15) is 5.10 Å². The van der Waals surface area contributed by atoms with E-state index < -0.39 is 16.1 Å². The lowest BCUT2D eigenvalue weighted by Crippen LogP contribution is -2.33. The predicted octanol–water partition coefficient (Wildman–Crippen LogP) is 1.50. The van der Waals surface area contributed by atoms with E-state index in [1.54, 1.807) is 11.6 Å². The first kappa shape index (κ1) is 16.2. The molecule has 3 aromatic rings. The van der Waals surface area contributed by atoms with Gasteiger partial charge in [0.25, 0.3) is 5.71 Å². The summed E-state index contributed by atoms with van der Waals surface area (Å²) in [5, 5.41) is 8.79. The van der Waals surface area contributed by atoms with E-state index in [-0.39, 0.29) is 4.90 Å². The topological polar surface area (TPSA) is 116 Å². The molecule has 1 N–H and O–H groups in total. The SMILES string of the molecule is CCc1nc2n(n1)CCCC2NS(=O)(=O)c1cnc2onc(C)c2c1. The van der Waals surface area contributed by atoms with E-state index in [9.17, 15) is 8.42 Å². The van der Waals surface area contributed by atoms with Crippen molar-refractivity contribution in [3.63, 3.8) is 0 Å². The molecule has 0 aromatic carbocycles. The molecule has 0 aliphatic carbocycles. The fourth-order valence-corrected chi connectivity index (χ4v) is 4.19. The first-order valence-electron chi connectivity index (χ1n) is 8.16. The maximum atomic E-state index is 12.8. The fraction of sp³-hybridized carbons (Fsp3) is 0.467. The molecular formula is C15H18N6O3S. The van der Waals surface area contributed by atoms with Crippen LogP contribution >= 0.6 is 0 Å². The van der Waals surface area contributed by atoms with Crippen LogP contribution in [0, 0.1) is 6.92 Å². The van der Waals surface area contributed by atoms with Crippen LogP contribution in [0.15, 0.2) is 21.7 Å². The lowest BCUT2D eigenvalue weighted by molar-refractivity contribution is 0.399. The minimum absolute atomic E-state index is 0.0821. The summed E-state index contributed by atoms with van der Waals surface area (Å²) in [5.74, 6) is 1.39. The third-order valence-corrected chi connectivity index (χ3v) is 5.77. The van der Waals surface area contributed by atoms with E-state index >= 15 is 0 Å². The van der Waals surface area contributed by atoms with Gasteiger partial charge in [0.2, 0.25) is 10.0 Å². The number of aryl methyl sites for hydroxylation is 3. The number of sulfonamides is 1. The number of aromatic nitrogens is 5. The van der Waals surface area contributed by atoms with E-state index in [0.717, 1.165) is 18.8 Å². The maximum Gasteiger partial charge on any atom is 0.257 e. The number of nitrogens with zero attached hydrogens (tertiary/aromatic N) is 5. The zero-order valence-electron chi connectivity index (χ0n) is 13.9. The molecule has 0 saturated carbocycles. The van der Waals surface area contributed by atoms with Crippen molar-refractivity contribution in [3.05, 3.63) is 29.6 Å². The second-order valence-corrected chi connectivity index (χ2v) is 7.78. The van der Waals surface area contributed by atoms with Crippen LogP contribution in [0.4, 0.5) is 0 Å². The lowest BCUT2D eigenvalue weighted by Gasteiger charge is -2.22. The Morgan fingerprint density at radius 1 is 1.44 bits per heavy atom. The van der Waals surface area contributed by atoms with Gasteiger partial charge in [0.1, 0.15) is 10.7 Å². The van der Waals surface area contributed by atoms with Gasteiger partial charge in [0, 0.05) is 13.0 Å². The van der Waals surface area contributed by atoms with Crippen molar-refractivity contribution in [2.75, 3.05) is 0 Å². The van der Waals surface area contributed by atoms with Crippen LogP contribution < -0.4 is 4.72 Å². The van der Waals surface area contributed by atoms with Crippen LogP contribution in [-0.2, 0) is 23.0 Å². The molecular weight excluding hydrogens is 344 g/mol. The normalized spacial score (nSPS) is 17.8. The molecule has 0 spiro atoms. The van der Waals surface area contributed by atoms with Crippen LogP contribution in [0.5, 0.6) is 0 Å². The van der Waals surface area contributed by atoms with Crippen LogP contribution in [0.25, 0.3) is 11.1 Å². The van der Waals surface area contributed by atoms with Crippen LogP contribution in [0.2, 0.25) is 0 Å². The monoisotopic (exact) mass is 362 g/mol. The molecule has 0 radical (unpaired) electrons. The lowest BCUT2D eigenvalue weighted by atomic mass is 10.1. The van der Waals surface area contributed by atoms with Crippen LogP contribution in [0.1, 0.15) is 43.1 Å². The summed E-state index contributed by atoms with van der Waals surface area (Å²) < 4.78 is 35.2. The molecule has 1 aliphatic rings. The van der Waals surface area contributed by atoms with Gasteiger partial charge < -0.3 is 4.52 Å². The highest BCUT2D eigenvalue weighted by Crippen LogP contribution is 2.26. The third-order valence-electron chi connectivity index (χ3n) is 4.33. The zero-order chi connectivity index (χ0) is 17.6. The Morgan fingerprint density at radius 2 is 2.28 bits per heavy atom. The smallest absolute Gasteiger partial charge is 0.257 e. The summed E-state index contributed by atoms with van der Waals surface area (Å²) in [6.45, 7) is 4.48. The van der Waals surface area contributed by atoms with Crippen molar-refractivity contribution in [2.45, 2.75) is 50.6 Å². The highest BCUT2D eigenvalue weighted by molar-refractivity contribution is 7.89. The average molecular weight is 362 g/mol. The molecule has 4 rings (SSSR count). The van der Waals surface area contributed by atoms with Crippen LogP contribution in [-0.4, -0.2) is 33.3 Å². The van der Waals surface area contributed by atoms with Gasteiger partial charge in [-0.3, -0.25) is 0 Å². The summed E-state index contributed by atoms with van der Waals surface area (Å²) in [6, 6.07) is 1.13. The molecule has 1 unspecified atom stereocenters. The molecule has 132 valence electrons. The second kappa shape index (κ2) is 5.88. The highest BCUT2D eigenvalue weighted by atomic mass is 32.2. The van der Waals surface area contributed by atoms with E-state index in [0.29, 0.717) is 35.5 Å². The standard InChI is InChI=1S/C15H18N6O3S/c1-3-13-17-14-12(5-4-6-21(14)18-13)20-25(22,23)10-7-11-9(2)19-24-15(11)16-8-10/h7-8,12,20H,3-6H2,1-2H3. The summed E-state index contributed by atoms with van der Waals surface area (Å²) in [5.41, 5.74) is 0.922. The summed E-state index contributed by atoms with van der Waals surface area (Å²) in [4.78, 5) is 8.59. The van der Waals surface area contributed by atoms with Gasteiger partial charge in [0.15, 0.2) is 5.82 Å². The number of rotatable bonds is 4. The number of nitrogens with one attached hydrogen (secondary N) is 1. The first-order chi connectivity index (χ1) is 12.0. The Morgan fingerprint density at radius 3 is 3.08 bits per heavy atom. The Kier molecular flexibility index (Phi) is 3.80. The van der Waals surface area contributed by atoms with Crippen molar-refractivity contribution >= 4 is 21.1 Å². The molecule has 0 fully saturated rings. The highest BCUT2D eigenvalue weighted by Gasteiger charge is 2.29. The molecule has 10 heteroatoms. The van der Waals surface area contributed by atoms with Crippen LogP contribution in [0.3, 0.4) is 0 Å². The van der Waals surface area contributed by atoms with Gasteiger partial charge in [-0.25, -0.2) is 27.8 Å². The Hall–Kier alpha value is -2.33. The molecule has 1 atom stereocenters. The van der Waals surface area contributed by atoms with Crippen molar-refractivity contribution < 1.29 is 12.9 Å². The predicted molar refractivity (Wildman–Crippen MR) is 88.2 cm³/mol. The molecule has 0 bridgehead atoms. The fourth-order valence-electron chi connectivity index (χ4n) is 2.99. The Labute approximate surface area is 144 Å². The quantitative estimate of drug-likeness (QED) is 0.747. The van der Waals surface area contributed by atoms with Gasteiger partial charge >= 0.3 is 0 Å². The van der Waals surface area contributed by atoms with E-state index in [2.05, 4.69) is 24.9 Å². The van der Waals surface area contributed by atoms with E-state index in [4.69, 9.17) is 4.52 Å². The second-order valence-electron chi connectivity index (χ2n) is 6.07. The van der Waals surface area contributed by atoms with E-state index in [1.165, 1.54) is 12.3 Å². The molecule has 0 saturated heterocycles. The molecule has 4 heterocycles. The average Bonchev–Trinajstić information content (AvgIpc) is 3.19. The minimum Gasteiger partial charge on any atom is -0.336 e. The molecule has 3 aromatic heterocycles. The number of hydrogen-bond donors (Lipinski definition) is 1. The summed E-state index contributed by atoms with van der Waals surface area (Å²) >= 11 is 0. The van der Waals surface area contributed by atoms with Gasteiger partial charge in [-0.15, -0.1) is 0 Å². The van der Waals surface area contributed by atoms with Crippen molar-refractivity contribution in [1.82, 2.24) is 29.6 Å². The number of pyridine rings is 1. The number of hydrogen-bond acceptors (Lipinski definition) is 7. The van der Waals surface area contributed by atoms with Gasteiger partial charge in [0.05, 0.1) is 23.3 Å². The van der Waals surface area contributed by atoms with Crippen molar-refractivity contribution in [2.24, 2.45) is 0 Å². The minimum atomic E-state index is -3.75. The van der Waals surface area contributed by atoms with Gasteiger partial charge in [-0.1, -0.05) is 12.1 Å². The van der Waals surface area contributed by atoms with E-state index in [1.807, 2.05) is 6.92 Å². The Balaban J connectivity index is 1.67. The molecule has 9 nitrogen and oxygen atoms in total. The zero-order valence-corrected chi connectivity index (χ0v) is 14.7. The third kappa shape index (κ3) is 2.81. The van der Waals surface area contributed by atoms with Crippen molar-refractivity contribution in [1.29, 1.82) is 0 Å². The molecule has 0 amide bonds. The number of fused-ring (bicyclic) bond motifs is 2.